The van der Waals surface area contributed by atoms with E-state index in [0.717, 1.165) is 31.2 Å². The molecule has 0 spiro atoms. The fourth-order valence-electron chi connectivity index (χ4n) is 3.45. The third-order valence-corrected chi connectivity index (χ3v) is 5.06. The summed E-state index contributed by atoms with van der Waals surface area (Å²) >= 11 is 0. The van der Waals surface area contributed by atoms with Gasteiger partial charge in [-0.05, 0) is 46.1 Å². The predicted octanol–water partition coefficient (Wildman–Crippen LogP) is 2.45. The van der Waals surface area contributed by atoms with Crippen molar-refractivity contribution in [2.75, 3.05) is 13.1 Å². The average Bonchev–Trinajstić information content (AvgIpc) is 2.99. The predicted molar refractivity (Wildman–Crippen MR) is 87.6 cm³/mol. The van der Waals surface area contributed by atoms with Crippen molar-refractivity contribution in [1.29, 1.82) is 0 Å². The first-order chi connectivity index (χ1) is 10.5. The number of imidazole rings is 2. The molecule has 2 aromatic rings. The van der Waals surface area contributed by atoms with Gasteiger partial charge in [0.15, 0.2) is 0 Å². The van der Waals surface area contributed by atoms with E-state index < -0.39 is 0 Å². The summed E-state index contributed by atoms with van der Waals surface area (Å²) in [4.78, 5) is 11.6. The summed E-state index contributed by atoms with van der Waals surface area (Å²) < 4.78 is 4.52. The van der Waals surface area contributed by atoms with Crippen molar-refractivity contribution < 1.29 is 0 Å². The molecule has 1 saturated heterocycles. The maximum Gasteiger partial charge on any atom is 0.123 e. The zero-order valence-corrected chi connectivity index (χ0v) is 14.2. The fraction of sp³-hybridized carbons (Fsp3) is 0.647. The Balaban J connectivity index is 1.63. The van der Waals surface area contributed by atoms with Gasteiger partial charge in [0.25, 0.3) is 0 Å². The molecule has 0 bridgehead atoms. The molecule has 2 aromatic heterocycles. The number of hydrogen-bond donors (Lipinski definition) is 0. The Bertz CT molecular complexity index is 640. The molecule has 5 nitrogen and oxygen atoms in total. The molecule has 1 atom stereocenters. The third kappa shape index (κ3) is 3.09. The summed E-state index contributed by atoms with van der Waals surface area (Å²) in [6.07, 6.45) is 6.59. The van der Waals surface area contributed by atoms with E-state index in [0.29, 0.717) is 5.92 Å². The molecule has 3 heterocycles. The highest BCUT2D eigenvalue weighted by Gasteiger charge is 2.22. The zero-order chi connectivity index (χ0) is 15.7. The minimum Gasteiger partial charge on any atom is -0.335 e. The molecule has 120 valence electrons. The monoisotopic (exact) mass is 301 g/mol. The van der Waals surface area contributed by atoms with Crippen LogP contribution in [0.25, 0.3) is 0 Å². The standard InChI is InChI=1S/C17H27N5/c1-13-14(2)20(4)17(19-13)12-21-8-5-6-16(10-21)11-22-9-7-18-15(22)3/h7,9,16H,5-6,8,10-12H2,1-4H3/t16-/m1/s1. The Hall–Kier alpha value is -1.62. The lowest BCUT2D eigenvalue weighted by atomic mass is 9.98. The van der Waals surface area contributed by atoms with Crippen molar-refractivity contribution in [3.63, 3.8) is 0 Å². The van der Waals surface area contributed by atoms with Crippen LogP contribution in [0.15, 0.2) is 12.4 Å². The summed E-state index contributed by atoms with van der Waals surface area (Å²) in [6, 6.07) is 0. The molecule has 22 heavy (non-hydrogen) atoms. The van der Waals surface area contributed by atoms with Gasteiger partial charge in [-0.15, -0.1) is 0 Å². The maximum absolute atomic E-state index is 4.72. The minimum absolute atomic E-state index is 0.712. The normalized spacial score (nSPS) is 19.7. The maximum atomic E-state index is 4.72. The van der Waals surface area contributed by atoms with Gasteiger partial charge in [0, 0.05) is 38.2 Å². The van der Waals surface area contributed by atoms with Gasteiger partial charge in [-0.1, -0.05) is 0 Å². The first kappa shape index (κ1) is 15.3. The topological polar surface area (TPSA) is 38.9 Å². The van der Waals surface area contributed by atoms with Crippen LogP contribution >= 0.6 is 0 Å². The molecule has 0 radical (unpaired) electrons. The fourth-order valence-corrected chi connectivity index (χ4v) is 3.45. The highest BCUT2D eigenvalue weighted by molar-refractivity contribution is 5.13. The average molecular weight is 301 g/mol. The number of aryl methyl sites for hydroxylation is 2. The van der Waals surface area contributed by atoms with Crippen LogP contribution in [0.5, 0.6) is 0 Å². The zero-order valence-electron chi connectivity index (χ0n) is 14.2. The van der Waals surface area contributed by atoms with Gasteiger partial charge >= 0.3 is 0 Å². The van der Waals surface area contributed by atoms with Crippen LogP contribution in [0.4, 0.5) is 0 Å². The van der Waals surface area contributed by atoms with Gasteiger partial charge in [-0.25, -0.2) is 9.97 Å². The second-order valence-electron chi connectivity index (χ2n) is 6.63. The Morgan fingerprint density at radius 1 is 1.27 bits per heavy atom. The van der Waals surface area contributed by atoms with E-state index >= 15 is 0 Å². The van der Waals surface area contributed by atoms with E-state index in [2.05, 4.69) is 53.0 Å². The first-order valence-corrected chi connectivity index (χ1v) is 8.23. The molecular formula is C17H27N5. The second kappa shape index (κ2) is 6.24. The number of piperidine rings is 1. The molecule has 0 saturated carbocycles. The van der Waals surface area contributed by atoms with Crippen LogP contribution < -0.4 is 0 Å². The summed E-state index contributed by atoms with van der Waals surface area (Å²) in [7, 11) is 2.13. The first-order valence-electron chi connectivity index (χ1n) is 8.23. The number of aromatic nitrogens is 4. The number of rotatable bonds is 4. The van der Waals surface area contributed by atoms with Gasteiger partial charge in [-0.3, -0.25) is 4.90 Å². The van der Waals surface area contributed by atoms with Crippen LogP contribution in [-0.4, -0.2) is 37.1 Å². The molecular weight excluding hydrogens is 274 g/mol. The highest BCUT2D eigenvalue weighted by Crippen LogP contribution is 2.21. The molecule has 0 N–H and O–H groups in total. The SMILES string of the molecule is Cc1nc(CN2CCC[C@@H](Cn3ccnc3C)C2)n(C)c1C. The van der Waals surface area contributed by atoms with Crippen LogP contribution in [0.1, 0.15) is 35.9 Å². The summed E-state index contributed by atoms with van der Waals surface area (Å²) in [5.41, 5.74) is 2.43. The lowest BCUT2D eigenvalue weighted by Gasteiger charge is -2.32. The van der Waals surface area contributed by atoms with Crippen LogP contribution in [0.2, 0.25) is 0 Å². The van der Waals surface area contributed by atoms with E-state index in [1.165, 1.54) is 30.9 Å². The Morgan fingerprint density at radius 2 is 2.09 bits per heavy atom. The van der Waals surface area contributed by atoms with E-state index in [1.807, 2.05) is 6.20 Å². The smallest absolute Gasteiger partial charge is 0.123 e. The number of nitrogens with zero attached hydrogens (tertiary/aromatic N) is 5. The van der Waals surface area contributed by atoms with Gasteiger partial charge in [0.1, 0.15) is 11.6 Å². The summed E-state index contributed by atoms with van der Waals surface area (Å²) in [5, 5.41) is 0. The molecule has 0 aliphatic carbocycles. The van der Waals surface area contributed by atoms with Crippen molar-refractivity contribution in [3.8, 4) is 0 Å². The van der Waals surface area contributed by atoms with Crippen LogP contribution in [0.3, 0.4) is 0 Å². The Kier molecular flexibility index (Phi) is 4.34. The molecule has 0 unspecified atom stereocenters. The van der Waals surface area contributed by atoms with E-state index in [1.54, 1.807) is 0 Å². The van der Waals surface area contributed by atoms with Crippen molar-refractivity contribution in [3.05, 3.63) is 35.4 Å². The van der Waals surface area contributed by atoms with Gasteiger partial charge < -0.3 is 9.13 Å². The van der Waals surface area contributed by atoms with Crippen molar-refractivity contribution in [2.45, 2.75) is 46.7 Å². The molecule has 5 heteroatoms. The minimum atomic E-state index is 0.712. The van der Waals surface area contributed by atoms with Crippen molar-refractivity contribution >= 4 is 0 Å². The molecule has 1 aliphatic rings. The molecule has 1 aliphatic heterocycles. The number of likely N-dealkylation sites (tertiary alicyclic amines) is 1. The molecule has 3 rings (SSSR count). The summed E-state index contributed by atoms with van der Waals surface area (Å²) in [6.45, 7) is 10.7. The lowest BCUT2D eigenvalue weighted by molar-refractivity contribution is 0.151. The molecule has 1 fully saturated rings. The van der Waals surface area contributed by atoms with Crippen molar-refractivity contribution in [1.82, 2.24) is 24.0 Å². The molecule has 0 amide bonds. The Morgan fingerprint density at radius 3 is 2.73 bits per heavy atom. The quantitative estimate of drug-likeness (QED) is 0.871. The Labute approximate surface area is 133 Å². The van der Waals surface area contributed by atoms with Crippen molar-refractivity contribution in [2.24, 2.45) is 13.0 Å². The number of hydrogen-bond acceptors (Lipinski definition) is 3. The molecule has 0 aromatic carbocycles. The van der Waals surface area contributed by atoms with E-state index in [-0.39, 0.29) is 0 Å². The highest BCUT2D eigenvalue weighted by atomic mass is 15.2. The van der Waals surface area contributed by atoms with Crippen LogP contribution in [0, 0.1) is 26.7 Å². The van der Waals surface area contributed by atoms with Crippen LogP contribution in [-0.2, 0) is 20.1 Å². The second-order valence-corrected chi connectivity index (χ2v) is 6.63. The van der Waals surface area contributed by atoms with Gasteiger partial charge in [-0.2, -0.15) is 0 Å². The third-order valence-electron chi connectivity index (χ3n) is 5.06. The summed E-state index contributed by atoms with van der Waals surface area (Å²) in [5.74, 6) is 3.02. The van der Waals surface area contributed by atoms with E-state index in [4.69, 9.17) is 4.98 Å². The van der Waals surface area contributed by atoms with Gasteiger partial charge in [0.05, 0.1) is 12.2 Å². The van der Waals surface area contributed by atoms with Gasteiger partial charge in [0.2, 0.25) is 0 Å². The van der Waals surface area contributed by atoms with E-state index in [9.17, 15) is 0 Å². The largest absolute Gasteiger partial charge is 0.335 e. The lowest BCUT2D eigenvalue weighted by Crippen LogP contribution is -2.37.